The van der Waals surface area contributed by atoms with E-state index < -0.39 is 23.6 Å². The fourth-order valence-corrected chi connectivity index (χ4v) is 2.87. The Hall–Kier alpha value is -0.430. The Morgan fingerprint density at radius 2 is 1.61 bits per heavy atom. The Morgan fingerprint density at radius 1 is 1.11 bits per heavy atom. The zero-order valence-electron chi connectivity index (χ0n) is 9.07. The van der Waals surface area contributed by atoms with Crippen molar-refractivity contribution in [3.8, 4) is 0 Å². The standard InChI is InChI=1S/C10H9ClF6S/c1-2-5-3-4-6(18-5)7(11)8(9(12,13)14)10(15,16)17/h3-4,7-8H,2H2,1H3. The van der Waals surface area contributed by atoms with E-state index in [-0.39, 0.29) is 4.88 Å². The molecule has 0 aliphatic heterocycles. The number of alkyl halides is 7. The van der Waals surface area contributed by atoms with Crippen LogP contribution in [-0.2, 0) is 6.42 Å². The molecule has 0 fully saturated rings. The number of hydrogen-bond donors (Lipinski definition) is 0. The zero-order valence-corrected chi connectivity index (χ0v) is 10.6. The van der Waals surface area contributed by atoms with Crippen molar-refractivity contribution in [2.45, 2.75) is 31.1 Å². The second-order valence-corrected chi connectivity index (χ2v) is 5.29. The number of thiophene rings is 1. The highest BCUT2D eigenvalue weighted by atomic mass is 35.5. The van der Waals surface area contributed by atoms with Crippen LogP contribution in [0.5, 0.6) is 0 Å². The van der Waals surface area contributed by atoms with Crippen molar-refractivity contribution < 1.29 is 26.3 Å². The highest BCUT2D eigenvalue weighted by Crippen LogP contribution is 2.50. The van der Waals surface area contributed by atoms with Gasteiger partial charge in [-0.3, -0.25) is 0 Å². The molecule has 1 atom stereocenters. The van der Waals surface area contributed by atoms with Gasteiger partial charge >= 0.3 is 12.4 Å². The van der Waals surface area contributed by atoms with Crippen molar-refractivity contribution in [2.75, 3.05) is 0 Å². The number of hydrogen-bond acceptors (Lipinski definition) is 1. The summed E-state index contributed by atoms with van der Waals surface area (Å²) in [6.07, 6.45) is -10.3. The van der Waals surface area contributed by atoms with Crippen LogP contribution < -0.4 is 0 Å². The normalized spacial score (nSPS) is 15.2. The molecule has 0 saturated heterocycles. The molecular formula is C10H9ClF6S. The predicted molar refractivity (Wildman–Crippen MR) is 57.9 cm³/mol. The van der Waals surface area contributed by atoms with Gasteiger partial charge in [-0.1, -0.05) is 6.92 Å². The smallest absolute Gasteiger partial charge is 0.170 e. The number of aryl methyl sites for hydroxylation is 1. The largest absolute Gasteiger partial charge is 0.402 e. The third kappa shape index (κ3) is 3.54. The quantitative estimate of drug-likeness (QED) is 0.523. The summed E-state index contributed by atoms with van der Waals surface area (Å²) in [6.45, 7) is 1.75. The van der Waals surface area contributed by atoms with Gasteiger partial charge < -0.3 is 0 Å². The van der Waals surface area contributed by atoms with Gasteiger partial charge in [-0.05, 0) is 18.6 Å². The molecule has 104 valence electrons. The van der Waals surface area contributed by atoms with E-state index in [1.807, 2.05) is 0 Å². The molecule has 0 nitrogen and oxygen atoms in total. The number of halogens is 7. The van der Waals surface area contributed by atoms with Crippen LogP contribution >= 0.6 is 22.9 Å². The molecule has 0 amide bonds. The SMILES string of the molecule is CCc1ccc(C(Cl)C(C(F)(F)F)C(F)(F)F)s1. The van der Waals surface area contributed by atoms with Gasteiger partial charge in [0.15, 0.2) is 5.92 Å². The Kier molecular flexibility index (Phi) is 4.59. The lowest BCUT2D eigenvalue weighted by atomic mass is 10.0. The lowest BCUT2D eigenvalue weighted by Gasteiger charge is -2.26. The molecule has 1 heterocycles. The molecule has 1 aromatic heterocycles. The second-order valence-electron chi connectivity index (χ2n) is 3.62. The highest BCUT2D eigenvalue weighted by Gasteiger charge is 2.60. The summed E-state index contributed by atoms with van der Waals surface area (Å²) >= 11 is 6.25. The topological polar surface area (TPSA) is 0 Å². The van der Waals surface area contributed by atoms with Gasteiger partial charge in [0.05, 0.1) is 5.38 Å². The molecule has 18 heavy (non-hydrogen) atoms. The maximum absolute atomic E-state index is 12.4. The van der Waals surface area contributed by atoms with Crippen LogP contribution in [0.3, 0.4) is 0 Å². The minimum atomic E-state index is -5.42. The summed E-state index contributed by atoms with van der Waals surface area (Å²) < 4.78 is 74.6. The summed E-state index contributed by atoms with van der Waals surface area (Å²) in [4.78, 5) is 0.576. The average molecular weight is 311 g/mol. The lowest BCUT2D eigenvalue weighted by Crippen LogP contribution is -2.39. The van der Waals surface area contributed by atoms with Crippen LogP contribution in [0.4, 0.5) is 26.3 Å². The van der Waals surface area contributed by atoms with E-state index in [0.717, 1.165) is 11.3 Å². The molecule has 1 unspecified atom stereocenters. The van der Waals surface area contributed by atoms with Gasteiger partial charge in [-0.15, -0.1) is 22.9 Å². The maximum Gasteiger partial charge on any atom is 0.402 e. The molecule has 0 saturated carbocycles. The van der Waals surface area contributed by atoms with Crippen LogP contribution in [0.2, 0.25) is 0 Å². The monoisotopic (exact) mass is 310 g/mol. The summed E-state index contributed by atoms with van der Waals surface area (Å²) in [6, 6.07) is 2.70. The van der Waals surface area contributed by atoms with Gasteiger partial charge in [0.1, 0.15) is 0 Å². The first kappa shape index (κ1) is 15.6. The molecule has 0 bridgehead atoms. The molecule has 1 aromatic rings. The Balaban J connectivity index is 3.07. The van der Waals surface area contributed by atoms with Crippen LogP contribution in [0.1, 0.15) is 22.1 Å². The van der Waals surface area contributed by atoms with E-state index in [1.54, 1.807) is 6.92 Å². The van der Waals surface area contributed by atoms with E-state index in [4.69, 9.17) is 11.6 Å². The molecule has 0 aromatic carbocycles. The fraction of sp³-hybridized carbons (Fsp3) is 0.600. The second kappa shape index (κ2) is 5.28. The van der Waals surface area contributed by atoms with Crippen molar-refractivity contribution >= 4 is 22.9 Å². The van der Waals surface area contributed by atoms with Crippen LogP contribution in [0, 0.1) is 5.92 Å². The Labute approximate surface area is 109 Å². The molecule has 0 aliphatic rings. The summed E-state index contributed by atoms with van der Waals surface area (Å²) in [5, 5.41) is -2.14. The molecule has 8 heteroatoms. The molecule has 0 N–H and O–H groups in total. The predicted octanol–water partition coefficient (Wildman–Crippen LogP) is 5.33. The van der Waals surface area contributed by atoms with Gasteiger partial charge in [0.25, 0.3) is 0 Å². The van der Waals surface area contributed by atoms with Gasteiger partial charge in [-0.25, -0.2) is 0 Å². The van der Waals surface area contributed by atoms with E-state index in [0.29, 0.717) is 11.3 Å². The minimum absolute atomic E-state index is 0.117. The van der Waals surface area contributed by atoms with Gasteiger partial charge in [0.2, 0.25) is 0 Å². The first-order valence-corrected chi connectivity index (χ1v) is 6.18. The lowest BCUT2D eigenvalue weighted by molar-refractivity contribution is -0.284. The van der Waals surface area contributed by atoms with E-state index in [9.17, 15) is 26.3 Å². The fourth-order valence-electron chi connectivity index (χ4n) is 1.41. The third-order valence-corrected chi connectivity index (χ3v) is 4.23. The molecular weight excluding hydrogens is 302 g/mol. The average Bonchev–Trinajstić information content (AvgIpc) is 2.60. The van der Waals surface area contributed by atoms with E-state index in [1.165, 1.54) is 12.1 Å². The first-order valence-electron chi connectivity index (χ1n) is 4.93. The van der Waals surface area contributed by atoms with Crippen molar-refractivity contribution in [1.29, 1.82) is 0 Å². The van der Waals surface area contributed by atoms with Gasteiger partial charge in [0, 0.05) is 9.75 Å². The van der Waals surface area contributed by atoms with E-state index >= 15 is 0 Å². The molecule has 0 aliphatic carbocycles. The van der Waals surface area contributed by atoms with Crippen molar-refractivity contribution in [1.82, 2.24) is 0 Å². The van der Waals surface area contributed by atoms with Crippen molar-refractivity contribution in [3.05, 3.63) is 21.9 Å². The molecule has 1 rings (SSSR count). The zero-order chi connectivity index (χ0) is 14.1. The Bertz CT molecular complexity index is 380. The van der Waals surface area contributed by atoms with Crippen LogP contribution in [0.25, 0.3) is 0 Å². The van der Waals surface area contributed by atoms with Crippen molar-refractivity contribution in [2.24, 2.45) is 5.92 Å². The first-order chi connectivity index (χ1) is 8.07. The van der Waals surface area contributed by atoms with Crippen molar-refractivity contribution in [3.63, 3.8) is 0 Å². The molecule has 0 spiro atoms. The van der Waals surface area contributed by atoms with Crippen LogP contribution in [-0.4, -0.2) is 12.4 Å². The van der Waals surface area contributed by atoms with Gasteiger partial charge in [-0.2, -0.15) is 26.3 Å². The Morgan fingerprint density at radius 3 is 1.94 bits per heavy atom. The highest BCUT2D eigenvalue weighted by molar-refractivity contribution is 7.12. The van der Waals surface area contributed by atoms with E-state index in [2.05, 4.69) is 0 Å². The number of rotatable bonds is 3. The summed E-state index contributed by atoms with van der Waals surface area (Å²) in [7, 11) is 0. The third-order valence-electron chi connectivity index (χ3n) is 2.30. The minimum Gasteiger partial charge on any atom is -0.170 e. The summed E-state index contributed by atoms with van der Waals surface area (Å²) in [5.41, 5.74) is 0. The van der Waals surface area contributed by atoms with Crippen LogP contribution in [0.15, 0.2) is 12.1 Å². The summed E-state index contributed by atoms with van der Waals surface area (Å²) in [5.74, 6) is -3.55. The molecule has 0 radical (unpaired) electrons. The maximum atomic E-state index is 12.4.